The minimum absolute atomic E-state index is 0.211. The molecule has 0 saturated heterocycles. The van der Waals surface area contributed by atoms with Crippen molar-refractivity contribution in [3.8, 4) is 33.8 Å². The van der Waals surface area contributed by atoms with Crippen LogP contribution in [0.25, 0.3) is 22.3 Å². The molecule has 0 amide bonds. The van der Waals surface area contributed by atoms with Crippen LogP contribution >= 0.6 is 0 Å². The van der Waals surface area contributed by atoms with E-state index in [0.29, 0.717) is 0 Å². The Hall–Kier alpha value is -2.74. The van der Waals surface area contributed by atoms with Crippen molar-refractivity contribution < 1.29 is 10.2 Å². The summed E-state index contributed by atoms with van der Waals surface area (Å²) in [6, 6.07) is 22.3. The van der Waals surface area contributed by atoms with Gasteiger partial charge in [0.2, 0.25) is 0 Å². The number of phenols is 2. The van der Waals surface area contributed by atoms with Crippen molar-refractivity contribution in [3.63, 3.8) is 0 Å². The second-order valence-electron chi connectivity index (χ2n) is 4.65. The Bertz CT molecular complexity index is 733. The quantitative estimate of drug-likeness (QED) is 0.717. The standard InChI is InChI=1S/C18H14O2/c19-15-8-4-7-14(11-15)18-12-16(20)9-10-17(18)13-5-2-1-3-6-13/h1-12,19-20H. The topological polar surface area (TPSA) is 40.5 Å². The molecule has 20 heavy (non-hydrogen) atoms. The van der Waals surface area contributed by atoms with Gasteiger partial charge in [0.1, 0.15) is 11.5 Å². The van der Waals surface area contributed by atoms with Gasteiger partial charge in [-0.1, -0.05) is 48.5 Å². The molecule has 3 aromatic carbocycles. The minimum Gasteiger partial charge on any atom is -0.508 e. The zero-order valence-electron chi connectivity index (χ0n) is 10.8. The molecule has 0 heterocycles. The Balaban J connectivity index is 2.22. The van der Waals surface area contributed by atoms with Gasteiger partial charge in [-0.15, -0.1) is 0 Å². The molecule has 0 fully saturated rings. The summed E-state index contributed by atoms with van der Waals surface area (Å²) in [7, 11) is 0. The van der Waals surface area contributed by atoms with Crippen LogP contribution in [-0.2, 0) is 0 Å². The first kappa shape index (κ1) is 12.3. The van der Waals surface area contributed by atoms with Crippen LogP contribution in [0.5, 0.6) is 11.5 Å². The number of phenolic OH excluding ortho intramolecular Hbond substituents is 2. The van der Waals surface area contributed by atoms with Gasteiger partial charge in [-0.25, -0.2) is 0 Å². The molecule has 0 aliphatic carbocycles. The first-order chi connectivity index (χ1) is 9.74. The van der Waals surface area contributed by atoms with Gasteiger partial charge in [-0.2, -0.15) is 0 Å². The highest BCUT2D eigenvalue weighted by Gasteiger charge is 2.08. The third kappa shape index (κ3) is 2.36. The monoisotopic (exact) mass is 262 g/mol. The molecule has 0 spiro atoms. The van der Waals surface area contributed by atoms with Crippen molar-refractivity contribution in [2.75, 3.05) is 0 Å². The smallest absolute Gasteiger partial charge is 0.116 e. The van der Waals surface area contributed by atoms with Crippen LogP contribution < -0.4 is 0 Å². The summed E-state index contributed by atoms with van der Waals surface area (Å²) in [6.07, 6.45) is 0. The number of hydrogen-bond acceptors (Lipinski definition) is 2. The number of benzene rings is 3. The van der Waals surface area contributed by atoms with Crippen LogP contribution in [0.1, 0.15) is 0 Å². The third-order valence-corrected chi connectivity index (χ3v) is 3.25. The second kappa shape index (κ2) is 5.10. The van der Waals surface area contributed by atoms with Crippen molar-refractivity contribution in [2.24, 2.45) is 0 Å². The fraction of sp³-hybridized carbons (Fsp3) is 0. The van der Waals surface area contributed by atoms with Crippen LogP contribution in [-0.4, -0.2) is 10.2 Å². The van der Waals surface area contributed by atoms with Crippen molar-refractivity contribution in [1.82, 2.24) is 0 Å². The summed E-state index contributed by atoms with van der Waals surface area (Å²) in [4.78, 5) is 0. The molecular weight excluding hydrogens is 248 g/mol. The second-order valence-corrected chi connectivity index (χ2v) is 4.65. The summed E-state index contributed by atoms with van der Waals surface area (Å²) in [5.41, 5.74) is 3.87. The fourth-order valence-corrected chi connectivity index (χ4v) is 2.31. The molecule has 2 heteroatoms. The van der Waals surface area contributed by atoms with Gasteiger partial charge in [-0.05, 0) is 46.5 Å². The molecule has 0 bridgehead atoms. The van der Waals surface area contributed by atoms with E-state index < -0.39 is 0 Å². The predicted octanol–water partition coefficient (Wildman–Crippen LogP) is 4.43. The minimum atomic E-state index is 0.211. The maximum Gasteiger partial charge on any atom is 0.116 e. The number of aromatic hydroxyl groups is 2. The van der Waals surface area contributed by atoms with E-state index in [9.17, 15) is 10.2 Å². The van der Waals surface area contributed by atoms with E-state index in [-0.39, 0.29) is 11.5 Å². The average Bonchev–Trinajstić information content (AvgIpc) is 2.48. The Morgan fingerprint density at radius 2 is 1.20 bits per heavy atom. The third-order valence-electron chi connectivity index (χ3n) is 3.25. The van der Waals surface area contributed by atoms with Gasteiger partial charge in [0, 0.05) is 0 Å². The van der Waals surface area contributed by atoms with Gasteiger partial charge < -0.3 is 10.2 Å². The number of hydrogen-bond donors (Lipinski definition) is 2. The summed E-state index contributed by atoms with van der Waals surface area (Å²) in [6.45, 7) is 0. The maximum absolute atomic E-state index is 9.75. The van der Waals surface area contributed by atoms with Crippen molar-refractivity contribution in [2.45, 2.75) is 0 Å². The average molecular weight is 262 g/mol. The highest BCUT2D eigenvalue weighted by atomic mass is 16.3. The molecule has 2 N–H and O–H groups in total. The lowest BCUT2D eigenvalue weighted by Gasteiger charge is -2.11. The molecule has 3 aromatic rings. The largest absolute Gasteiger partial charge is 0.508 e. The molecule has 0 aliphatic rings. The lowest BCUT2D eigenvalue weighted by atomic mass is 9.94. The first-order valence-electron chi connectivity index (χ1n) is 6.42. The summed E-state index contributed by atoms with van der Waals surface area (Å²) >= 11 is 0. The summed E-state index contributed by atoms with van der Waals surface area (Å²) in [5, 5.41) is 19.4. The van der Waals surface area contributed by atoms with Crippen molar-refractivity contribution >= 4 is 0 Å². The summed E-state index contributed by atoms with van der Waals surface area (Å²) < 4.78 is 0. The van der Waals surface area contributed by atoms with E-state index >= 15 is 0 Å². The molecule has 0 radical (unpaired) electrons. The first-order valence-corrected chi connectivity index (χ1v) is 6.42. The van der Waals surface area contributed by atoms with Crippen LogP contribution in [0.15, 0.2) is 72.8 Å². The maximum atomic E-state index is 9.75. The van der Waals surface area contributed by atoms with Crippen LogP contribution in [0.3, 0.4) is 0 Å². The predicted molar refractivity (Wildman–Crippen MR) is 80.6 cm³/mol. The van der Waals surface area contributed by atoms with E-state index in [1.807, 2.05) is 42.5 Å². The molecule has 0 aliphatic heterocycles. The van der Waals surface area contributed by atoms with E-state index in [0.717, 1.165) is 22.3 Å². The van der Waals surface area contributed by atoms with Gasteiger partial charge in [-0.3, -0.25) is 0 Å². The van der Waals surface area contributed by atoms with E-state index in [4.69, 9.17) is 0 Å². The number of rotatable bonds is 2. The van der Waals surface area contributed by atoms with Crippen molar-refractivity contribution in [3.05, 3.63) is 72.8 Å². The molecule has 2 nitrogen and oxygen atoms in total. The lowest BCUT2D eigenvalue weighted by Crippen LogP contribution is -1.85. The zero-order valence-corrected chi connectivity index (χ0v) is 10.8. The molecule has 0 saturated carbocycles. The van der Waals surface area contributed by atoms with Gasteiger partial charge in [0.15, 0.2) is 0 Å². The van der Waals surface area contributed by atoms with Crippen LogP contribution in [0.4, 0.5) is 0 Å². The summed E-state index contributed by atoms with van der Waals surface area (Å²) in [5.74, 6) is 0.424. The van der Waals surface area contributed by atoms with Gasteiger partial charge in [0.05, 0.1) is 0 Å². The van der Waals surface area contributed by atoms with Crippen LogP contribution in [0, 0.1) is 0 Å². The normalized spacial score (nSPS) is 10.4. The Morgan fingerprint density at radius 3 is 1.95 bits per heavy atom. The molecule has 98 valence electrons. The molecular formula is C18H14O2. The molecule has 0 atom stereocenters. The Morgan fingerprint density at radius 1 is 0.500 bits per heavy atom. The van der Waals surface area contributed by atoms with Crippen molar-refractivity contribution in [1.29, 1.82) is 0 Å². The fourth-order valence-electron chi connectivity index (χ4n) is 2.31. The molecule has 3 rings (SSSR count). The SMILES string of the molecule is Oc1cccc(-c2cc(O)ccc2-c2ccccc2)c1. The zero-order chi connectivity index (χ0) is 13.9. The highest BCUT2D eigenvalue weighted by Crippen LogP contribution is 2.35. The Labute approximate surface area is 117 Å². The van der Waals surface area contributed by atoms with Gasteiger partial charge in [0.25, 0.3) is 0 Å². The van der Waals surface area contributed by atoms with E-state index in [2.05, 4.69) is 0 Å². The van der Waals surface area contributed by atoms with Gasteiger partial charge >= 0.3 is 0 Å². The highest BCUT2D eigenvalue weighted by molar-refractivity contribution is 5.84. The van der Waals surface area contributed by atoms with E-state index in [1.54, 1.807) is 30.3 Å². The van der Waals surface area contributed by atoms with Crippen LogP contribution in [0.2, 0.25) is 0 Å². The molecule has 0 unspecified atom stereocenters. The molecule has 0 aromatic heterocycles. The lowest BCUT2D eigenvalue weighted by molar-refractivity contribution is 0.474. The van der Waals surface area contributed by atoms with E-state index in [1.165, 1.54) is 0 Å². The Kier molecular flexibility index (Phi) is 3.13.